The minimum Gasteiger partial charge on any atom is -0.457 e. The molecule has 3 aromatic carbocycles. The van der Waals surface area contributed by atoms with Gasteiger partial charge in [-0.3, -0.25) is 9.69 Å². The maximum Gasteiger partial charge on any atom is 0.260 e. The van der Waals surface area contributed by atoms with Crippen molar-refractivity contribution in [2.24, 2.45) is 0 Å². The molecule has 0 unspecified atom stereocenters. The molecule has 0 aliphatic rings. The van der Waals surface area contributed by atoms with Crippen LogP contribution in [0.1, 0.15) is 29.3 Å². The van der Waals surface area contributed by atoms with E-state index in [1.807, 2.05) is 79.7 Å². The number of fused-ring (bicyclic) bond motifs is 1. The van der Waals surface area contributed by atoms with Crippen LogP contribution in [0.2, 0.25) is 0 Å². The minimum atomic E-state index is -0.0465. The monoisotopic (exact) mass is 459 g/mol. The number of carbonyl (C=O) groups is 1. The summed E-state index contributed by atoms with van der Waals surface area (Å²) in [5.41, 5.74) is 2.83. The molecule has 1 amide bonds. The molecule has 0 radical (unpaired) electrons. The van der Waals surface area contributed by atoms with E-state index in [1.54, 1.807) is 11.3 Å². The number of hydrogen-bond donors (Lipinski definition) is 0. The maximum atomic E-state index is 13.5. The Bertz CT molecular complexity index is 1200. The molecule has 6 heteroatoms. The van der Waals surface area contributed by atoms with Gasteiger partial charge < -0.3 is 9.64 Å². The third kappa shape index (κ3) is 5.78. The number of amides is 1. The molecule has 0 atom stereocenters. The van der Waals surface area contributed by atoms with Crippen molar-refractivity contribution >= 4 is 32.6 Å². The molecular weight excluding hydrogens is 430 g/mol. The van der Waals surface area contributed by atoms with Gasteiger partial charge in [0.25, 0.3) is 5.91 Å². The lowest BCUT2D eigenvalue weighted by atomic mass is 10.2. The first-order valence-corrected chi connectivity index (χ1v) is 12.0. The van der Waals surface area contributed by atoms with Crippen LogP contribution in [0.3, 0.4) is 0 Å². The molecule has 1 heterocycles. The molecule has 0 spiro atoms. The smallest absolute Gasteiger partial charge is 0.260 e. The van der Waals surface area contributed by atoms with Crippen molar-refractivity contribution in [1.82, 2.24) is 9.88 Å². The Labute approximate surface area is 199 Å². The van der Waals surface area contributed by atoms with Crippen molar-refractivity contribution in [3.63, 3.8) is 0 Å². The van der Waals surface area contributed by atoms with Crippen molar-refractivity contribution in [2.45, 2.75) is 19.8 Å². The van der Waals surface area contributed by atoms with Crippen LogP contribution in [0.4, 0.5) is 5.13 Å². The predicted octanol–water partition coefficient (Wildman–Crippen LogP) is 6.25. The lowest BCUT2D eigenvalue weighted by Crippen LogP contribution is -2.33. The van der Waals surface area contributed by atoms with Gasteiger partial charge in [0.15, 0.2) is 5.13 Å². The van der Waals surface area contributed by atoms with Crippen molar-refractivity contribution < 1.29 is 9.53 Å². The standard InChI is InChI=1S/C27H29N3O2S/c1-4-20-11-16-24-25(19-20)33-27(28-24)30(18-8-17-29(2)3)26(31)21-12-14-23(15-13-21)32-22-9-6-5-7-10-22/h5-7,9-16,19H,4,8,17-18H2,1-3H3. The summed E-state index contributed by atoms with van der Waals surface area (Å²) in [5.74, 6) is 1.42. The molecule has 0 bridgehead atoms. The highest BCUT2D eigenvalue weighted by molar-refractivity contribution is 7.22. The number of anilines is 1. The van der Waals surface area contributed by atoms with Crippen LogP contribution in [-0.2, 0) is 6.42 Å². The molecule has 0 N–H and O–H groups in total. The Hall–Kier alpha value is -3.22. The van der Waals surface area contributed by atoms with Gasteiger partial charge in [-0.15, -0.1) is 0 Å². The first-order chi connectivity index (χ1) is 16.0. The maximum absolute atomic E-state index is 13.5. The van der Waals surface area contributed by atoms with Gasteiger partial charge in [-0.05, 0) is 87.6 Å². The van der Waals surface area contributed by atoms with Crippen molar-refractivity contribution in [3.05, 3.63) is 83.9 Å². The molecule has 0 fully saturated rings. The third-order valence-corrected chi connectivity index (χ3v) is 6.43. The number of aryl methyl sites for hydroxylation is 1. The highest BCUT2D eigenvalue weighted by Crippen LogP contribution is 2.31. The second-order valence-electron chi connectivity index (χ2n) is 8.21. The van der Waals surface area contributed by atoms with Gasteiger partial charge in [-0.25, -0.2) is 4.98 Å². The van der Waals surface area contributed by atoms with E-state index in [2.05, 4.69) is 24.0 Å². The summed E-state index contributed by atoms with van der Waals surface area (Å²) in [6, 6.07) is 23.3. The van der Waals surface area contributed by atoms with Gasteiger partial charge in [-0.2, -0.15) is 0 Å². The molecule has 4 aromatic rings. The summed E-state index contributed by atoms with van der Waals surface area (Å²) in [7, 11) is 4.09. The van der Waals surface area contributed by atoms with E-state index in [9.17, 15) is 4.79 Å². The number of ether oxygens (including phenoxy) is 1. The summed E-state index contributed by atoms with van der Waals surface area (Å²) in [6.45, 7) is 3.66. The summed E-state index contributed by atoms with van der Waals surface area (Å²) < 4.78 is 6.98. The Morgan fingerprint density at radius 2 is 1.67 bits per heavy atom. The quantitative estimate of drug-likeness (QED) is 0.297. The molecule has 0 aliphatic heterocycles. The number of carbonyl (C=O) groups excluding carboxylic acids is 1. The Balaban J connectivity index is 1.57. The van der Waals surface area contributed by atoms with Crippen molar-refractivity contribution in [2.75, 3.05) is 32.1 Å². The largest absolute Gasteiger partial charge is 0.457 e. The van der Waals surface area contributed by atoms with E-state index in [-0.39, 0.29) is 5.91 Å². The topological polar surface area (TPSA) is 45.7 Å². The number of nitrogens with zero attached hydrogens (tertiary/aromatic N) is 3. The summed E-state index contributed by atoms with van der Waals surface area (Å²) in [5, 5.41) is 0.742. The van der Waals surface area contributed by atoms with Gasteiger partial charge >= 0.3 is 0 Å². The fourth-order valence-electron chi connectivity index (χ4n) is 3.57. The van der Waals surface area contributed by atoms with Crippen LogP contribution in [0.25, 0.3) is 10.2 Å². The average Bonchev–Trinajstić information content (AvgIpc) is 3.25. The van der Waals surface area contributed by atoms with Crippen LogP contribution in [0, 0.1) is 0 Å². The highest BCUT2D eigenvalue weighted by atomic mass is 32.1. The lowest BCUT2D eigenvalue weighted by Gasteiger charge is -2.21. The van der Waals surface area contributed by atoms with Crippen molar-refractivity contribution in [1.29, 1.82) is 0 Å². The molecule has 33 heavy (non-hydrogen) atoms. The Morgan fingerprint density at radius 3 is 2.36 bits per heavy atom. The highest BCUT2D eigenvalue weighted by Gasteiger charge is 2.21. The molecule has 4 rings (SSSR count). The number of benzene rings is 3. The number of aromatic nitrogens is 1. The first-order valence-electron chi connectivity index (χ1n) is 11.2. The molecule has 5 nitrogen and oxygen atoms in total. The average molecular weight is 460 g/mol. The Kier molecular flexibility index (Phi) is 7.37. The number of hydrogen-bond acceptors (Lipinski definition) is 5. The van der Waals surface area contributed by atoms with E-state index in [4.69, 9.17) is 9.72 Å². The second-order valence-corrected chi connectivity index (χ2v) is 9.21. The van der Waals surface area contributed by atoms with Crippen LogP contribution in [0.15, 0.2) is 72.8 Å². The zero-order chi connectivity index (χ0) is 23.2. The van der Waals surface area contributed by atoms with Crippen LogP contribution in [-0.4, -0.2) is 43.0 Å². The fraction of sp³-hybridized carbons (Fsp3) is 0.259. The first kappa shape index (κ1) is 23.0. The number of rotatable bonds is 9. The molecule has 0 saturated heterocycles. The van der Waals surface area contributed by atoms with Crippen LogP contribution >= 0.6 is 11.3 Å². The normalized spacial score (nSPS) is 11.2. The van der Waals surface area contributed by atoms with E-state index >= 15 is 0 Å². The van der Waals surface area contributed by atoms with E-state index < -0.39 is 0 Å². The zero-order valence-electron chi connectivity index (χ0n) is 19.3. The van der Waals surface area contributed by atoms with Gasteiger partial charge in [0.1, 0.15) is 11.5 Å². The second kappa shape index (κ2) is 10.6. The molecule has 0 saturated carbocycles. The summed E-state index contributed by atoms with van der Waals surface area (Å²) >= 11 is 1.58. The predicted molar refractivity (Wildman–Crippen MR) is 137 cm³/mol. The van der Waals surface area contributed by atoms with E-state index in [1.165, 1.54) is 5.56 Å². The lowest BCUT2D eigenvalue weighted by molar-refractivity contribution is 0.0986. The van der Waals surface area contributed by atoms with E-state index in [0.29, 0.717) is 17.9 Å². The summed E-state index contributed by atoms with van der Waals surface area (Å²) in [4.78, 5) is 22.3. The van der Waals surface area contributed by atoms with Gasteiger partial charge in [-0.1, -0.05) is 42.5 Å². The molecule has 1 aromatic heterocycles. The van der Waals surface area contributed by atoms with Crippen molar-refractivity contribution in [3.8, 4) is 11.5 Å². The fourth-order valence-corrected chi connectivity index (χ4v) is 4.62. The van der Waals surface area contributed by atoms with Crippen LogP contribution < -0.4 is 9.64 Å². The van der Waals surface area contributed by atoms with Gasteiger partial charge in [0.05, 0.1) is 10.2 Å². The Morgan fingerprint density at radius 1 is 0.939 bits per heavy atom. The van der Waals surface area contributed by atoms with Crippen LogP contribution in [0.5, 0.6) is 11.5 Å². The minimum absolute atomic E-state index is 0.0465. The molecule has 0 aliphatic carbocycles. The number of thiazole rings is 1. The SMILES string of the molecule is CCc1ccc2nc(N(CCCN(C)C)C(=O)c3ccc(Oc4ccccc4)cc3)sc2c1. The number of para-hydroxylation sites is 1. The van der Waals surface area contributed by atoms with E-state index in [0.717, 1.165) is 40.5 Å². The van der Waals surface area contributed by atoms with Gasteiger partial charge in [0, 0.05) is 12.1 Å². The molecular formula is C27H29N3O2S. The molecule has 170 valence electrons. The van der Waals surface area contributed by atoms with Gasteiger partial charge in [0.2, 0.25) is 0 Å². The third-order valence-electron chi connectivity index (χ3n) is 5.39. The summed E-state index contributed by atoms with van der Waals surface area (Å²) in [6.07, 6.45) is 1.84. The zero-order valence-corrected chi connectivity index (χ0v) is 20.1.